The Hall–Kier alpha value is -3.51. The molecule has 0 unspecified atom stereocenters. The first-order chi connectivity index (χ1) is 19.2. The van der Waals surface area contributed by atoms with Crippen LogP contribution in [-0.2, 0) is 22.9 Å². The molecule has 0 spiro atoms. The number of nitrogens with one attached hydrogen (secondary N) is 1. The average molecular weight is 557 g/mol. The van der Waals surface area contributed by atoms with Gasteiger partial charge in [0, 0.05) is 76.0 Å². The van der Waals surface area contributed by atoms with E-state index < -0.39 is 17.2 Å². The van der Waals surface area contributed by atoms with Crippen LogP contribution in [0.3, 0.4) is 0 Å². The zero-order valence-corrected chi connectivity index (χ0v) is 22.6. The van der Waals surface area contributed by atoms with Gasteiger partial charge in [-0.15, -0.1) is 0 Å². The SMILES string of the molecule is CN(Cc1ncc[nH]1)CC1(c2cccc(C(F)(F)F)c2)CCN(C(=O)CN2CCN(c3cnccn3)CC2)CC1. The number of amides is 1. The number of anilines is 1. The Bertz CT molecular complexity index is 1240. The highest BCUT2D eigenvalue weighted by molar-refractivity contribution is 5.78. The third-order valence-corrected chi connectivity index (χ3v) is 8.03. The number of aromatic amines is 1. The molecule has 0 bridgehead atoms. The van der Waals surface area contributed by atoms with Gasteiger partial charge in [-0.1, -0.05) is 18.2 Å². The lowest BCUT2D eigenvalue weighted by molar-refractivity contribution is -0.137. The number of alkyl halides is 3. The average Bonchev–Trinajstić information content (AvgIpc) is 3.47. The van der Waals surface area contributed by atoms with Crippen LogP contribution in [-0.4, -0.2) is 99.9 Å². The second-order valence-electron chi connectivity index (χ2n) is 10.8. The van der Waals surface area contributed by atoms with E-state index >= 15 is 0 Å². The van der Waals surface area contributed by atoms with Gasteiger partial charge in [-0.3, -0.25) is 19.6 Å². The van der Waals surface area contributed by atoms with Crippen molar-refractivity contribution in [2.45, 2.75) is 31.0 Å². The molecule has 1 N–H and O–H groups in total. The van der Waals surface area contributed by atoms with Crippen LogP contribution in [0, 0.1) is 0 Å². The minimum absolute atomic E-state index is 0.0644. The van der Waals surface area contributed by atoms with Crippen molar-refractivity contribution in [1.82, 2.24) is 34.6 Å². The fourth-order valence-electron chi connectivity index (χ4n) is 5.84. The highest BCUT2D eigenvalue weighted by Gasteiger charge is 2.40. The second-order valence-corrected chi connectivity index (χ2v) is 10.8. The Labute approximate surface area is 232 Å². The number of benzene rings is 1. The molecule has 2 aliphatic heterocycles. The van der Waals surface area contributed by atoms with E-state index in [1.165, 1.54) is 12.1 Å². The molecule has 0 aliphatic carbocycles. The largest absolute Gasteiger partial charge is 0.416 e. The van der Waals surface area contributed by atoms with Gasteiger partial charge < -0.3 is 14.8 Å². The standard InChI is InChI=1S/C28H35F3N8O/c1-36(19-24-33-9-10-34-24)21-27(22-3-2-4-23(17-22)28(29,30)31)5-11-39(12-6-27)26(40)20-37-13-15-38(16-14-37)25-18-32-7-8-35-25/h2-4,7-10,17-18H,5-6,11-16,19-21H2,1H3,(H,33,34). The first kappa shape index (κ1) is 28.0. The number of rotatable bonds is 8. The maximum absolute atomic E-state index is 13.6. The molecule has 2 aromatic heterocycles. The van der Waals surface area contributed by atoms with Crippen molar-refractivity contribution in [2.24, 2.45) is 0 Å². The van der Waals surface area contributed by atoms with Crippen molar-refractivity contribution < 1.29 is 18.0 Å². The highest BCUT2D eigenvalue weighted by Crippen LogP contribution is 2.39. The first-order valence-corrected chi connectivity index (χ1v) is 13.6. The number of hydrogen-bond acceptors (Lipinski definition) is 7. The van der Waals surface area contributed by atoms with E-state index in [2.05, 4.69) is 34.6 Å². The van der Waals surface area contributed by atoms with Crippen molar-refractivity contribution in [3.63, 3.8) is 0 Å². The number of piperidine rings is 1. The van der Waals surface area contributed by atoms with Crippen LogP contribution in [0.2, 0.25) is 0 Å². The van der Waals surface area contributed by atoms with Gasteiger partial charge >= 0.3 is 6.18 Å². The van der Waals surface area contributed by atoms with Crippen LogP contribution in [0.25, 0.3) is 0 Å². The Morgan fingerprint density at radius 1 is 1.05 bits per heavy atom. The fraction of sp³-hybridized carbons (Fsp3) is 0.500. The predicted molar refractivity (Wildman–Crippen MR) is 145 cm³/mol. The molecule has 0 saturated carbocycles. The van der Waals surface area contributed by atoms with E-state index in [0.717, 1.165) is 43.9 Å². The van der Waals surface area contributed by atoms with Crippen molar-refractivity contribution in [1.29, 1.82) is 0 Å². The lowest BCUT2D eigenvalue weighted by atomic mass is 9.72. The number of aromatic nitrogens is 4. The normalized spacial score (nSPS) is 18.3. The molecule has 1 aromatic carbocycles. The van der Waals surface area contributed by atoms with Crippen molar-refractivity contribution >= 4 is 11.7 Å². The lowest BCUT2D eigenvalue weighted by Crippen LogP contribution is -2.53. The van der Waals surface area contributed by atoms with Gasteiger partial charge in [-0.2, -0.15) is 13.2 Å². The fourth-order valence-corrected chi connectivity index (χ4v) is 5.84. The second kappa shape index (κ2) is 11.9. The number of nitrogens with zero attached hydrogens (tertiary/aromatic N) is 7. The third-order valence-electron chi connectivity index (χ3n) is 8.03. The molecular formula is C28H35F3N8O. The topological polar surface area (TPSA) is 84.5 Å². The summed E-state index contributed by atoms with van der Waals surface area (Å²) in [4.78, 5) is 37.4. The minimum atomic E-state index is -4.41. The molecule has 9 nitrogen and oxygen atoms in total. The van der Waals surface area contributed by atoms with Gasteiger partial charge in [0.15, 0.2) is 0 Å². The molecule has 3 aromatic rings. The van der Waals surface area contributed by atoms with Crippen LogP contribution >= 0.6 is 0 Å². The van der Waals surface area contributed by atoms with E-state index in [9.17, 15) is 18.0 Å². The predicted octanol–water partition coefficient (Wildman–Crippen LogP) is 3.03. The summed E-state index contributed by atoms with van der Waals surface area (Å²) in [5.41, 5.74) is -0.486. The Kier molecular flexibility index (Phi) is 8.36. The van der Waals surface area contributed by atoms with Crippen LogP contribution in [0.15, 0.2) is 55.2 Å². The number of likely N-dealkylation sites (N-methyl/N-ethyl adjacent to an activating group) is 1. The van der Waals surface area contributed by atoms with Crippen molar-refractivity contribution in [3.05, 3.63) is 72.2 Å². The smallest absolute Gasteiger partial charge is 0.353 e. The molecule has 4 heterocycles. The van der Waals surface area contributed by atoms with Crippen molar-refractivity contribution in [3.8, 4) is 0 Å². The molecule has 214 valence electrons. The Balaban J connectivity index is 1.23. The first-order valence-electron chi connectivity index (χ1n) is 13.6. The zero-order chi connectivity index (χ0) is 28.2. The molecule has 2 saturated heterocycles. The molecule has 40 heavy (non-hydrogen) atoms. The number of H-pyrrole nitrogens is 1. The number of piperazine rings is 1. The quantitative estimate of drug-likeness (QED) is 0.457. The van der Waals surface area contributed by atoms with Gasteiger partial charge in [0.25, 0.3) is 0 Å². The molecule has 0 atom stereocenters. The number of hydrogen-bond donors (Lipinski definition) is 1. The molecule has 12 heteroatoms. The molecular weight excluding hydrogens is 521 g/mol. The summed E-state index contributed by atoms with van der Waals surface area (Å²) >= 11 is 0. The molecule has 2 fully saturated rings. The van der Waals surface area contributed by atoms with E-state index in [1.807, 2.05) is 11.9 Å². The minimum Gasteiger partial charge on any atom is -0.353 e. The summed E-state index contributed by atoms with van der Waals surface area (Å²) in [6, 6.07) is 5.69. The summed E-state index contributed by atoms with van der Waals surface area (Å²) in [6.07, 6.45) is 5.27. The van der Waals surface area contributed by atoms with Gasteiger partial charge in [-0.25, -0.2) is 9.97 Å². The third kappa shape index (κ3) is 6.61. The van der Waals surface area contributed by atoms with E-state index in [4.69, 9.17) is 0 Å². The monoisotopic (exact) mass is 556 g/mol. The highest BCUT2D eigenvalue weighted by atomic mass is 19.4. The summed E-state index contributed by atoms with van der Waals surface area (Å²) < 4.78 is 40.8. The summed E-state index contributed by atoms with van der Waals surface area (Å²) in [7, 11) is 1.95. The molecule has 1 amide bonds. The number of likely N-dealkylation sites (tertiary alicyclic amines) is 1. The van der Waals surface area contributed by atoms with E-state index in [0.29, 0.717) is 51.1 Å². The maximum atomic E-state index is 13.6. The molecule has 5 rings (SSSR count). The van der Waals surface area contributed by atoms with Crippen LogP contribution in [0.5, 0.6) is 0 Å². The van der Waals surface area contributed by atoms with Crippen LogP contribution in [0.1, 0.15) is 29.8 Å². The number of carbonyl (C=O) groups is 1. The summed E-state index contributed by atoms with van der Waals surface area (Å²) in [5, 5.41) is 0. The Morgan fingerprint density at radius 3 is 2.48 bits per heavy atom. The van der Waals surface area contributed by atoms with Crippen molar-refractivity contribution in [2.75, 3.05) is 64.3 Å². The van der Waals surface area contributed by atoms with E-state index in [1.54, 1.807) is 37.1 Å². The molecule has 2 aliphatic rings. The van der Waals surface area contributed by atoms with Gasteiger partial charge in [0.05, 0.1) is 24.8 Å². The van der Waals surface area contributed by atoms with Crippen LogP contribution in [0.4, 0.5) is 19.0 Å². The number of halogens is 3. The Morgan fingerprint density at radius 2 is 1.82 bits per heavy atom. The summed E-state index contributed by atoms with van der Waals surface area (Å²) in [6.45, 7) is 5.50. The zero-order valence-electron chi connectivity index (χ0n) is 22.6. The van der Waals surface area contributed by atoms with Gasteiger partial charge in [-0.05, 0) is 31.5 Å². The summed E-state index contributed by atoms with van der Waals surface area (Å²) in [5.74, 6) is 1.70. The van der Waals surface area contributed by atoms with Gasteiger partial charge in [0.2, 0.25) is 5.91 Å². The van der Waals surface area contributed by atoms with Gasteiger partial charge in [0.1, 0.15) is 11.6 Å². The lowest BCUT2D eigenvalue weighted by Gasteiger charge is -2.45. The van der Waals surface area contributed by atoms with E-state index in [-0.39, 0.29) is 5.91 Å². The number of carbonyl (C=O) groups excluding carboxylic acids is 1. The maximum Gasteiger partial charge on any atom is 0.416 e. The molecule has 0 radical (unpaired) electrons. The number of imidazole rings is 1. The van der Waals surface area contributed by atoms with Crippen LogP contribution < -0.4 is 4.90 Å².